The first kappa shape index (κ1) is 25.1. The molecule has 0 bridgehead atoms. The van der Waals surface area contributed by atoms with E-state index in [-0.39, 0.29) is 18.1 Å². The predicted molar refractivity (Wildman–Crippen MR) is 139 cm³/mol. The van der Waals surface area contributed by atoms with E-state index in [2.05, 4.69) is 10.3 Å². The number of hydrogen-bond donors (Lipinski definition) is 2. The molecule has 1 amide bonds. The highest BCUT2D eigenvalue weighted by atomic mass is 35.5. The van der Waals surface area contributed by atoms with Crippen molar-refractivity contribution in [2.24, 2.45) is 0 Å². The third-order valence-corrected chi connectivity index (χ3v) is 6.28. The number of carbonyl (C=O) groups excluding carboxylic acids is 1. The Hall–Kier alpha value is -3.97. The summed E-state index contributed by atoms with van der Waals surface area (Å²) >= 11 is 6.58. The van der Waals surface area contributed by atoms with Crippen LogP contribution in [0.2, 0.25) is 5.02 Å². The average molecular weight is 507 g/mol. The second kappa shape index (κ2) is 11.2. The fourth-order valence-electron chi connectivity index (χ4n) is 4.17. The summed E-state index contributed by atoms with van der Waals surface area (Å²) in [6, 6.07) is 17.6. The van der Waals surface area contributed by atoms with E-state index in [1.807, 2.05) is 30.3 Å². The number of pyridine rings is 1. The van der Waals surface area contributed by atoms with E-state index in [0.29, 0.717) is 50.7 Å². The molecule has 2 N–H and O–H groups in total. The number of fused-ring (bicyclic) bond motifs is 1. The molecule has 1 unspecified atom stereocenters. The lowest BCUT2D eigenvalue weighted by Gasteiger charge is -2.24. The Bertz CT molecular complexity index is 1350. The van der Waals surface area contributed by atoms with Crippen molar-refractivity contribution in [3.8, 4) is 23.0 Å². The molecular weight excluding hydrogens is 480 g/mol. The van der Waals surface area contributed by atoms with Gasteiger partial charge in [-0.2, -0.15) is 0 Å². The minimum absolute atomic E-state index is 0.0721. The number of benzene rings is 3. The quantitative estimate of drug-likeness (QED) is 0.313. The van der Waals surface area contributed by atoms with Gasteiger partial charge in [-0.3, -0.25) is 9.78 Å². The molecule has 0 fully saturated rings. The fraction of sp³-hybridized carbons (Fsp3) is 0.214. The topological polar surface area (TPSA) is 89.9 Å². The van der Waals surface area contributed by atoms with Gasteiger partial charge >= 0.3 is 0 Å². The third kappa shape index (κ3) is 5.16. The molecule has 4 rings (SSSR count). The zero-order valence-electron chi connectivity index (χ0n) is 20.2. The Kier molecular flexibility index (Phi) is 7.80. The molecule has 0 radical (unpaired) electrons. The van der Waals surface area contributed by atoms with Crippen LogP contribution in [0, 0.1) is 0 Å². The summed E-state index contributed by atoms with van der Waals surface area (Å²) in [5.74, 6) is 0.978. The van der Waals surface area contributed by atoms with Crippen LogP contribution in [0.15, 0.2) is 66.9 Å². The molecule has 1 aromatic heterocycles. The van der Waals surface area contributed by atoms with Crippen LogP contribution in [0.25, 0.3) is 10.9 Å². The van der Waals surface area contributed by atoms with E-state index in [9.17, 15) is 9.90 Å². The predicted octanol–water partition coefficient (Wildman–Crippen LogP) is 5.46. The van der Waals surface area contributed by atoms with Gasteiger partial charge in [0.25, 0.3) is 0 Å². The lowest BCUT2D eigenvalue weighted by atomic mass is 9.95. The Morgan fingerprint density at radius 1 is 1.00 bits per heavy atom. The van der Waals surface area contributed by atoms with Crippen LogP contribution in [-0.2, 0) is 11.2 Å². The molecule has 7 nitrogen and oxygen atoms in total. The van der Waals surface area contributed by atoms with Gasteiger partial charge in [0.1, 0.15) is 11.3 Å². The van der Waals surface area contributed by atoms with Crippen LogP contribution < -0.4 is 19.5 Å². The zero-order valence-corrected chi connectivity index (χ0v) is 21.0. The molecular formula is C28H27ClN2O5. The fourth-order valence-corrected chi connectivity index (χ4v) is 4.44. The molecule has 1 heterocycles. The van der Waals surface area contributed by atoms with E-state index >= 15 is 0 Å². The Balaban J connectivity index is 1.79. The Labute approximate surface area is 214 Å². The number of hydrogen-bond acceptors (Lipinski definition) is 6. The van der Waals surface area contributed by atoms with Gasteiger partial charge in [-0.1, -0.05) is 41.9 Å². The number of nitrogens with zero attached hydrogens (tertiary/aromatic N) is 1. The number of nitrogens with one attached hydrogen (secondary N) is 1. The molecule has 36 heavy (non-hydrogen) atoms. The maximum Gasteiger partial charge on any atom is 0.221 e. The van der Waals surface area contributed by atoms with Gasteiger partial charge in [0, 0.05) is 23.6 Å². The maximum atomic E-state index is 13.1. The third-order valence-electron chi connectivity index (χ3n) is 5.97. The van der Waals surface area contributed by atoms with E-state index in [0.717, 1.165) is 5.56 Å². The molecule has 8 heteroatoms. The van der Waals surface area contributed by atoms with Gasteiger partial charge < -0.3 is 24.6 Å². The second-order valence-corrected chi connectivity index (χ2v) is 8.55. The molecule has 186 valence electrons. The molecule has 1 atom stereocenters. The SMILES string of the molecule is COc1cc(C(NC(=O)CCc2ccccc2)c2cc(Cl)c3cccnc3c2O)cc(OC)c1OC. The number of halogens is 1. The van der Waals surface area contributed by atoms with Crippen molar-refractivity contribution < 1.29 is 24.1 Å². The molecule has 0 aliphatic carbocycles. The summed E-state index contributed by atoms with van der Waals surface area (Å²) in [5, 5.41) is 15.3. The molecule has 0 spiro atoms. The summed E-state index contributed by atoms with van der Waals surface area (Å²) in [6.07, 6.45) is 2.40. The summed E-state index contributed by atoms with van der Waals surface area (Å²) in [4.78, 5) is 17.4. The van der Waals surface area contributed by atoms with E-state index < -0.39 is 6.04 Å². The smallest absolute Gasteiger partial charge is 0.221 e. The van der Waals surface area contributed by atoms with Crippen LogP contribution in [0.1, 0.15) is 29.2 Å². The monoisotopic (exact) mass is 506 g/mol. The lowest BCUT2D eigenvalue weighted by Crippen LogP contribution is -2.29. The summed E-state index contributed by atoms with van der Waals surface area (Å²) in [5.41, 5.74) is 2.40. The second-order valence-electron chi connectivity index (χ2n) is 8.14. The molecule has 0 saturated heterocycles. The highest BCUT2D eigenvalue weighted by molar-refractivity contribution is 6.35. The van der Waals surface area contributed by atoms with Crippen LogP contribution in [-0.4, -0.2) is 37.3 Å². The number of ether oxygens (including phenoxy) is 3. The molecule has 0 aliphatic rings. The number of rotatable bonds is 9. The minimum atomic E-state index is -0.772. The minimum Gasteiger partial charge on any atom is -0.505 e. The molecule has 0 aliphatic heterocycles. The number of aromatic hydroxyl groups is 1. The Morgan fingerprint density at radius 2 is 1.69 bits per heavy atom. The van der Waals surface area contributed by atoms with Gasteiger partial charge in [0.15, 0.2) is 11.5 Å². The summed E-state index contributed by atoms with van der Waals surface area (Å²) in [7, 11) is 4.55. The van der Waals surface area contributed by atoms with E-state index in [4.69, 9.17) is 25.8 Å². The van der Waals surface area contributed by atoms with Crippen molar-refractivity contribution in [3.05, 3.63) is 88.6 Å². The molecule has 0 saturated carbocycles. The van der Waals surface area contributed by atoms with Crippen LogP contribution in [0.4, 0.5) is 0 Å². The summed E-state index contributed by atoms with van der Waals surface area (Å²) < 4.78 is 16.5. The van der Waals surface area contributed by atoms with Gasteiger partial charge in [-0.15, -0.1) is 0 Å². The number of aryl methyl sites for hydroxylation is 1. The molecule has 3 aromatic carbocycles. The maximum absolute atomic E-state index is 13.1. The number of methoxy groups -OCH3 is 3. The van der Waals surface area contributed by atoms with Crippen molar-refractivity contribution >= 4 is 28.4 Å². The largest absolute Gasteiger partial charge is 0.505 e. The van der Waals surface area contributed by atoms with E-state index in [1.54, 1.807) is 36.5 Å². The zero-order chi connectivity index (χ0) is 25.7. The van der Waals surface area contributed by atoms with Crippen molar-refractivity contribution in [2.45, 2.75) is 18.9 Å². The standard InChI is InChI=1S/C28H27ClN2O5/c1-34-22-14-18(15-23(35-2)28(22)36-3)25(31-24(32)12-11-17-8-5-4-6-9-17)20-16-21(29)19-10-7-13-30-26(19)27(20)33/h4-10,13-16,25,33H,11-12H2,1-3H3,(H,31,32). The van der Waals surface area contributed by atoms with Gasteiger partial charge in [-0.25, -0.2) is 0 Å². The number of amides is 1. The van der Waals surface area contributed by atoms with Gasteiger partial charge in [-0.05, 0) is 47.9 Å². The van der Waals surface area contributed by atoms with Crippen molar-refractivity contribution in [3.63, 3.8) is 0 Å². The van der Waals surface area contributed by atoms with Gasteiger partial charge in [0.05, 0.1) is 32.4 Å². The number of carbonyl (C=O) groups is 1. The van der Waals surface area contributed by atoms with Gasteiger partial charge in [0.2, 0.25) is 11.7 Å². The lowest BCUT2D eigenvalue weighted by molar-refractivity contribution is -0.121. The number of phenols is 1. The normalized spacial score (nSPS) is 11.7. The first-order valence-corrected chi connectivity index (χ1v) is 11.7. The first-order valence-electron chi connectivity index (χ1n) is 11.4. The van der Waals surface area contributed by atoms with Crippen molar-refractivity contribution in [1.82, 2.24) is 10.3 Å². The van der Waals surface area contributed by atoms with Crippen LogP contribution in [0.3, 0.4) is 0 Å². The van der Waals surface area contributed by atoms with E-state index in [1.165, 1.54) is 21.3 Å². The number of phenolic OH excluding ortho intramolecular Hbond substituents is 1. The average Bonchev–Trinajstić information content (AvgIpc) is 2.92. The van der Waals surface area contributed by atoms with Crippen molar-refractivity contribution in [1.29, 1.82) is 0 Å². The first-order chi connectivity index (χ1) is 17.5. The molecule has 4 aromatic rings. The van der Waals surface area contributed by atoms with Crippen LogP contribution in [0.5, 0.6) is 23.0 Å². The van der Waals surface area contributed by atoms with Crippen LogP contribution >= 0.6 is 11.6 Å². The van der Waals surface area contributed by atoms with Crippen molar-refractivity contribution in [2.75, 3.05) is 21.3 Å². The Morgan fingerprint density at radius 3 is 2.33 bits per heavy atom. The number of aromatic nitrogens is 1. The summed E-state index contributed by atoms with van der Waals surface area (Å²) in [6.45, 7) is 0. The highest BCUT2D eigenvalue weighted by Gasteiger charge is 2.26. The highest BCUT2D eigenvalue weighted by Crippen LogP contribution is 2.43.